The second-order valence-corrected chi connectivity index (χ2v) is 8.56. The van der Waals surface area contributed by atoms with Crippen molar-refractivity contribution in [2.75, 3.05) is 19.8 Å². The van der Waals surface area contributed by atoms with Gasteiger partial charge in [0.15, 0.2) is 5.82 Å². The zero-order chi connectivity index (χ0) is 23.8. The number of esters is 2. The number of nitrogens with one attached hydrogen (secondary N) is 3. The number of aryl methyl sites for hydroxylation is 1. The second kappa shape index (κ2) is 11.9. The molecule has 0 spiro atoms. The number of fused-ring (bicyclic) bond motifs is 1. The van der Waals surface area contributed by atoms with Crippen LogP contribution in [0.4, 0.5) is 0 Å². The van der Waals surface area contributed by atoms with E-state index in [1.807, 2.05) is 0 Å². The molecule has 0 aromatic carbocycles. The van der Waals surface area contributed by atoms with Crippen molar-refractivity contribution >= 4 is 17.8 Å². The maximum atomic E-state index is 12.6. The Kier molecular flexibility index (Phi) is 8.41. The molecule has 2 aliphatic rings. The van der Waals surface area contributed by atoms with Gasteiger partial charge in [-0.3, -0.25) is 9.59 Å². The molecule has 1 saturated heterocycles. The van der Waals surface area contributed by atoms with E-state index in [0.717, 1.165) is 32.1 Å². The van der Waals surface area contributed by atoms with Crippen molar-refractivity contribution in [1.29, 1.82) is 0 Å². The number of tetrazole rings is 1. The van der Waals surface area contributed by atoms with Crippen molar-refractivity contribution < 1.29 is 25.2 Å². The SMILES string of the molecule is [2H][C@@]1(C(=O)OCCC(=O)N[C@H](C)C(=O)OCC)C[C@H]2C[C@@H](CCc3nn[nH]n3)CC[C@H]2CN1. The molecule has 1 aromatic heterocycles. The predicted molar refractivity (Wildman–Crippen MR) is 113 cm³/mol. The summed E-state index contributed by atoms with van der Waals surface area (Å²) in [5, 5.41) is 19.6. The summed E-state index contributed by atoms with van der Waals surface area (Å²) < 4.78 is 18.7. The molecule has 2 fully saturated rings. The first-order chi connectivity index (χ1) is 15.8. The van der Waals surface area contributed by atoms with E-state index in [0.29, 0.717) is 30.6 Å². The third kappa shape index (κ3) is 6.98. The van der Waals surface area contributed by atoms with Gasteiger partial charge in [0.2, 0.25) is 5.91 Å². The summed E-state index contributed by atoms with van der Waals surface area (Å²) >= 11 is 0. The van der Waals surface area contributed by atoms with Crippen molar-refractivity contribution in [3.8, 4) is 0 Å². The van der Waals surface area contributed by atoms with E-state index in [9.17, 15) is 14.4 Å². The Bertz CT molecular complexity index is 809. The summed E-state index contributed by atoms with van der Waals surface area (Å²) in [5.41, 5.74) is 0. The van der Waals surface area contributed by atoms with Gasteiger partial charge < -0.3 is 20.1 Å². The molecule has 1 amide bonds. The summed E-state index contributed by atoms with van der Waals surface area (Å²) in [6, 6.07) is -2.28. The third-order valence-corrected chi connectivity index (χ3v) is 6.28. The Labute approximate surface area is 189 Å². The molecule has 1 saturated carbocycles. The number of H-pyrrole nitrogens is 1. The first-order valence-corrected chi connectivity index (χ1v) is 11.4. The first-order valence-electron chi connectivity index (χ1n) is 11.9. The van der Waals surface area contributed by atoms with Crippen molar-refractivity contribution in [2.45, 2.75) is 70.9 Å². The Morgan fingerprint density at radius 1 is 1.25 bits per heavy atom. The minimum absolute atomic E-state index is 0.0875. The zero-order valence-corrected chi connectivity index (χ0v) is 18.8. The first kappa shape index (κ1) is 22.6. The number of nitrogens with zero attached hydrogens (tertiary/aromatic N) is 3. The molecule has 3 N–H and O–H groups in total. The Morgan fingerprint density at radius 2 is 2.09 bits per heavy atom. The largest absolute Gasteiger partial charge is 0.464 e. The number of aromatic nitrogens is 4. The Balaban J connectivity index is 1.42. The zero-order valence-electron chi connectivity index (χ0n) is 19.8. The van der Waals surface area contributed by atoms with Crippen LogP contribution in [0.25, 0.3) is 0 Å². The van der Waals surface area contributed by atoms with Crippen LogP contribution >= 0.6 is 0 Å². The molecule has 1 aromatic rings. The van der Waals surface area contributed by atoms with Crippen LogP contribution in [0.3, 0.4) is 0 Å². The average Bonchev–Trinajstić information content (AvgIpc) is 3.31. The fourth-order valence-electron chi connectivity index (χ4n) is 4.53. The fourth-order valence-corrected chi connectivity index (χ4v) is 4.53. The fraction of sp³-hybridized carbons (Fsp3) is 0.810. The topological polar surface area (TPSA) is 148 Å². The van der Waals surface area contributed by atoms with Crippen LogP contribution in [0.1, 0.15) is 59.6 Å². The summed E-state index contributed by atoms with van der Waals surface area (Å²) in [6.45, 7) is 3.91. The normalized spacial score (nSPS) is 28.7. The quantitative estimate of drug-likeness (QED) is 0.433. The molecule has 5 atom stereocenters. The number of ether oxygens (including phenoxy) is 2. The summed E-state index contributed by atoms with van der Waals surface area (Å²) in [4.78, 5) is 36.2. The van der Waals surface area contributed by atoms with E-state index in [4.69, 9.17) is 10.8 Å². The van der Waals surface area contributed by atoms with Crippen molar-refractivity contribution in [2.24, 2.45) is 17.8 Å². The lowest BCUT2D eigenvalue weighted by molar-refractivity contribution is -0.150. The second-order valence-electron chi connectivity index (χ2n) is 8.56. The highest BCUT2D eigenvalue weighted by Gasteiger charge is 2.38. The minimum atomic E-state index is -1.51. The van der Waals surface area contributed by atoms with Crippen LogP contribution in [0.2, 0.25) is 0 Å². The van der Waals surface area contributed by atoms with Crippen molar-refractivity contribution in [3.05, 3.63) is 5.82 Å². The van der Waals surface area contributed by atoms with Gasteiger partial charge in [-0.05, 0) is 63.8 Å². The summed E-state index contributed by atoms with van der Waals surface area (Å²) in [6.07, 6.45) is 5.18. The van der Waals surface area contributed by atoms with Gasteiger partial charge in [-0.1, -0.05) is 11.6 Å². The molecule has 1 aliphatic heterocycles. The van der Waals surface area contributed by atoms with E-state index in [2.05, 4.69) is 31.3 Å². The lowest BCUT2D eigenvalue weighted by Gasteiger charge is -2.42. The van der Waals surface area contributed by atoms with Gasteiger partial charge in [0, 0.05) is 6.42 Å². The van der Waals surface area contributed by atoms with Gasteiger partial charge in [-0.15, -0.1) is 10.2 Å². The highest BCUT2D eigenvalue weighted by Crippen LogP contribution is 2.40. The molecule has 0 radical (unpaired) electrons. The number of hydrogen-bond acceptors (Lipinski definition) is 9. The Hall–Kier alpha value is -2.56. The molecule has 2 heterocycles. The molecule has 11 heteroatoms. The van der Waals surface area contributed by atoms with Crippen LogP contribution < -0.4 is 10.6 Å². The van der Waals surface area contributed by atoms with Gasteiger partial charge >= 0.3 is 11.9 Å². The summed E-state index contributed by atoms with van der Waals surface area (Å²) in [7, 11) is 0. The molecule has 3 rings (SSSR count). The number of carbonyl (C=O) groups excluding carboxylic acids is 3. The molecular weight excluding hydrogens is 416 g/mol. The number of hydrogen-bond donors (Lipinski definition) is 3. The van der Waals surface area contributed by atoms with E-state index < -0.39 is 29.9 Å². The van der Waals surface area contributed by atoms with E-state index in [1.54, 1.807) is 6.92 Å². The van der Waals surface area contributed by atoms with Crippen LogP contribution in [0, 0.1) is 17.8 Å². The molecule has 178 valence electrons. The number of piperidine rings is 1. The molecule has 1 aliphatic carbocycles. The molecule has 0 unspecified atom stereocenters. The maximum absolute atomic E-state index is 12.6. The molecule has 11 nitrogen and oxygen atoms in total. The predicted octanol–water partition coefficient (Wildman–Crippen LogP) is 0.528. The van der Waals surface area contributed by atoms with E-state index in [1.165, 1.54) is 6.92 Å². The van der Waals surface area contributed by atoms with Gasteiger partial charge in [0.05, 0.1) is 14.4 Å². The Morgan fingerprint density at radius 3 is 2.84 bits per heavy atom. The minimum Gasteiger partial charge on any atom is -0.464 e. The smallest absolute Gasteiger partial charge is 0.328 e. The standard InChI is InChI=1S/C21H34N6O5/c1-3-31-20(29)13(2)23-19(28)8-9-32-21(30)17-11-16-10-14(4-6-15(16)12-22-17)5-7-18-24-26-27-25-18/h13-17,22H,3-12H2,1-2H3,(H,23,28)(H,24,25,26,27)/t13-,14-,15+,16-,17+/m1/s1/i17D. The molecule has 32 heavy (non-hydrogen) atoms. The number of rotatable bonds is 10. The highest BCUT2D eigenvalue weighted by molar-refractivity contribution is 5.84. The van der Waals surface area contributed by atoms with Gasteiger partial charge in [-0.2, -0.15) is 5.21 Å². The lowest BCUT2D eigenvalue weighted by atomic mass is 9.69. The third-order valence-electron chi connectivity index (χ3n) is 6.28. The van der Waals surface area contributed by atoms with Crippen LogP contribution in [0.5, 0.6) is 0 Å². The number of aromatic amines is 1. The van der Waals surface area contributed by atoms with E-state index >= 15 is 0 Å². The van der Waals surface area contributed by atoms with E-state index in [-0.39, 0.29) is 25.6 Å². The lowest BCUT2D eigenvalue weighted by Crippen LogP contribution is -2.50. The van der Waals surface area contributed by atoms with Crippen LogP contribution in [-0.2, 0) is 30.3 Å². The number of carbonyl (C=O) groups is 3. The maximum Gasteiger partial charge on any atom is 0.328 e. The van der Waals surface area contributed by atoms with Gasteiger partial charge in [-0.25, -0.2) is 4.79 Å². The average molecular weight is 452 g/mol. The van der Waals surface area contributed by atoms with Crippen molar-refractivity contribution in [3.63, 3.8) is 0 Å². The summed E-state index contributed by atoms with van der Waals surface area (Å²) in [5.74, 6) is 0.338. The van der Waals surface area contributed by atoms with Crippen LogP contribution in [-0.4, -0.2) is 70.3 Å². The van der Waals surface area contributed by atoms with Gasteiger partial charge in [0.25, 0.3) is 0 Å². The molecule has 0 bridgehead atoms. The monoisotopic (exact) mass is 451 g/mol. The van der Waals surface area contributed by atoms with Gasteiger partial charge in [0.1, 0.15) is 18.7 Å². The highest BCUT2D eigenvalue weighted by atomic mass is 16.5. The van der Waals surface area contributed by atoms with Crippen molar-refractivity contribution in [1.82, 2.24) is 31.3 Å². The molecular formula is C21H34N6O5. The van der Waals surface area contributed by atoms with Crippen LogP contribution in [0.15, 0.2) is 0 Å². The number of amides is 1.